The summed E-state index contributed by atoms with van der Waals surface area (Å²) in [7, 11) is 0. The van der Waals surface area contributed by atoms with Crippen LogP contribution in [0.1, 0.15) is 22.8 Å². The highest BCUT2D eigenvalue weighted by Gasteiger charge is 2.09. The molecule has 0 aliphatic heterocycles. The molecule has 1 heterocycles. The van der Waals surface area contributed by atoms with Gasteiger partial charge in [0.15, 0.2) is 6.61 Å². The molecule has 0 fully saturated rings. The molecule has 7 heteroatoms. The molecule has 1 amide bonds. The average molecular weight is 381 g/mol. The van der Waals surface area contributed by atoms with E-state index in [1.165, 1.54) is 6.07 Å². The highest BCUT2D eigenvalue weighted by Crippen LogP contribution is 2.22. The quantitative estimate of drug-likeness (QED) is 0.520. The van der Waals surface area contributed by atoms with Crippen LogP contribution in [0, 0.1) is 6.92 Å². The number of rotatable bonds is 6. The number of carbonyl (C=O) groups is 2. The smallest absolute Gasteiger partial charge is 0.338 e. The maximum Gasteiger partial charge on any atom is 0.338 e. The first-order valence-electron chi connectivity index (χ1n) is 8.70. The predicted octanol–water partition coefficient (Wildman–Crippen LogP) is 3.30. The first-order valence-corrected chi connectivity index (χ1v) is 8.70. The molecule has 1 N–H and O–H groups in total. The first-order chi connectivity index (χ1) is 13.5. The molecule has 2 aromatic carbocycles. The molecule has 0 unspecified atom stereocenters. The van der Waals surface area contributed by atoms with Gasteiger partial charge in [-0.3, -0.25) is 4.79 Å². The van der Waals surface area contributed by atoms with Crippen molar-refractivity contribution >= 4 is 28.5 Å². The summed E-state index contributed by atoms with van der Waals surface area (Å²) in [5.41, 5.74) is 1.70. The van der Waals surface area contributed by atoms with Crippen molar-refractivity contribution < 1.29 is 23.5 Å². The van der Waals surface area contributed by atoms with E-state index in [-0.39, 0.29) is 12.5 Å². The molecule has 3 rings (SSSR count). The van der Waals surface area contributed by atoms with Crippen LogP contribution in [0.5, 0.6) is 5.75 Å². The van der Waals surface area contributed by atoms with Gasteiger partial charge in [-0.1, -0.05) is 0 Å². The standard InChI is InChI=1S/C21H19NO6/c1-3-26-21(25)14-4-6-15(7-5-14)22-19(23)12-27-16-8-9-17-13(2)10-20(24)28-18(17)11-16/h4-11H,3,12H2,1-2H3,(H,22,23). The molecule has 0 saturated carbocycles. The first kappa shape index (κ1) is 19.2. The zero-order valence-corrected chi connectivity index (χ0v) is 15.5. The molecule has 0 saturated heterocycles. The van der Waals surface area contributed by atoms with Gasteiger partial charge < -0.3 is 19.2 Å². The minimum absolute atomic E-state index is 0.221. The number of ether oxygens (including phenoxy) is 2. The molecule has 0 aliphatic rings. The minimum atomic E-state index is -0.439. The van der Waals surface area contributed by atoms with E-state index in [2.05, 4.69) is 5.32 Å². The van der Waals surface area contributed by atoms with E-state index >= 15 is 0 Å². The molecular weight excluding hydrogens is 362 g/mol. The van der Waals surface area contributed by atoms with E-state index in [4.69, 9.17) is 13.9 Å². The Morgan fingerprint density at radius 1 is 1.07 bits per heavy atom. The summed E-state index contributed by atoms with van der Waals surface area (Å²) in [6, 6.07) is 12.8. The van der Waals surface area contributed by atoms with Gasteiger partial charge in [-0.2, -0.15) is 0 Å². The lowest BCUT2D eigenvalue weighted by molar-refractivity contribution is -0.118. The molecule has 1 aromatic heterocycles. The molecule has 28 heavy (non-hydrogen) atoms. The van der Waals surface area contributed by atoms with Crippen LogP contribution in [0.25, 0.3) is 11.0 Å². The highest BCUT2D eigenvalue weighted by molar-refractivity contribution is 5.93. The van der Waals surface area contributed by atoms with Crippen molar-refractivity contribution in [3.05, 3.63) is 70.1 Å². The number of esters is 1. The molecular formula is C21H19NO6. The Morgan fingerprint density at radius 2 is 1.82 bits per heavy atom. The second-order valence-electron chi connectivity index (χ2n) is 6.04. The number of hydrogen-bond donors (Lipinski definition) is 1. The van der Waals surface area contributed by atoms with Crippen LogP contribution in [-0.2, 0) is 9.53 Å². The lowest BCUT2D eigenvalue weighted by Gasteiger charge is -2.09. The highest BCUT2D eigenvalue weighted by atomic mass is 16.5. The fourth-order valence-corrected chi connectivity index (χ4v) is 2.65. The Labute approximate surface area is 160 Å². The normalized spacial score (nSPS) is 10.5. The van der Waals surface area contributed by atoms with Crippen LogP contribution < -0.4 is 15.7 Å². The topological polar surface area (TPSA) is 94.8 Å². The fourth-order valence-electron chi connectivity index (χ4n) is 2.65. The maximum absolute atomic E-state index is 12.1. The molecule has 0 spiro atoms. The van der Waals surface area contributed by atoms with E-state index in [0.29, 0.717) is 29.2 Å². The van der Waals surface area contributed by atoms with Gasteiger partial charge in [-0.25, -0.2) is 9.59 Å². The summed E-state index contributed by atoms with van der Waals surface area (Å²) in [6.07, 6.45) is 0. The van der Waals surface area contributed by atoms with Gasteiger partial charge in [0.05, 0.1) is 12.2 Å². The number of hydrogen-bond acceptors (Lipinski definition) is 6. The third-order valence-electron chi connectivity index (χ3n) is 3.97. The van der Waals surface area contributed by atoms with Crippen molar-refractivity contribution in [2.75, 3.05) is 18.5 Å². The zero-order valence-electron chi connectivity index (χ0n) is 15.5. The van der Waals surface area contributed by atoms with E-state index in [1.54, 1.807) is 49.4 Å². The number of fused-ring (bicyclic) bond motifs is 1. The Balaban J connectivity index is 1.60. The molecule has 144 valence electrons. The Morgan fingerprint density at radius 3 is 2.54 bits per heavy atom. The summed E-state index contributed by atoms with van der Waals surface area (Å²) in [5, 5.41) is 3.48. The van der Waals surface area contributed by atoms with Crippen LogP contribution in [0.4, 0.5) is 5.69 Å². The van der Waals surface area contributed by atoms with Crippen molar-refractivity contribution in [2.24, 2.45) is 0 Å². The molecule has 0 atom stereocenters. The van der Waals surface area contributed by atoms with Gasteiger partial charge in [0, 0.05) is 23.2 Å². The van der Waals surface area contributed by atoms with E-state index in [1.807, 2.05) is 6.92 Å². The molecule has 0 aliphatic carbocycles. The predicted molar refractivity (Wildman–Crippen MR) is 104 cm³/mol. The van der Waals surface area contributed by atoms with E-state index in [9.17, 15) is 14.4 Å². The number of benzene rings is 2. The van der Waals surface area contributed by atoms with Gasteiger partial charge >= 0.3 is 11.6 Å². The van der Waals surface area contributed by atoms with Crippen molar-refractivity contribution in [1.82, 2.24) is 0 Å². The lowest BCUT2D eigenvalue weighted by atomic mass is 10.1. The van der Waals surface area contributed by atoms with Crippen LogP contribution in [0.2, 0.25) is 0 Å². The van der Waals surface area contributed by atoms with Crippen molar-refractivity contribution in [2.45, 2.75) is 13.8 Å². The minimum Gasteiger partial charge on any atom is -0.484 e. The summed E-state index contributed by atoms with van der Waals surface area (Å²) in [4.78, 5) is 35.2. The van der Waals surface area contributed by atoms with Gasteiger partial charge in [-0.15, -0.1) is 0 Å². The lowest BCUT2D eigenvalue weighted by Crippen LogP contribution is -2.20. The van der Waals surface area contributed by atoms with Gasteiger partial charge in [0.25, 0.3) is 5.91 Å². The van der Waals surface area contributed by atoms with Gasteiger partial charge in [0.2, 0.25) is 0 Å². The van der Waals surface area contributed by atoms with Gasteiger partial charge in [0.1, 0.15) is 11.3 Å². The fraction of sp³-hybridized carbons (Fsp3) is 0.190. The third kappa shape index (κ3) is 4.56. The molecule has 0 radical (unpaired) electrons. The van der Waals surface area contributed by atoms with Gasteiger partial charge in [-0.05, 0) is 55.8 Å². The van der Waals surface area contributed by atoms with Crippen molar-refractivity contribution in [3.8, 4) is 5.75 Å². The molecule has 0 bridgehead atoms. The zero-order chi connectivity index (χ0) is 20.1. The monoisotopic (exact) mass is 381 g/mol. The van der Waals surface area contributed by atoms with Crippen LogP contribution in [-0.4, -0.2) is 25.1 Å². The number of amides is 1. The van der Waals surface area contributed by atoms with Crippen LogP contribution >= 0.6 is 0 Å². The Bertz CT molecular complexity index is 1070. The largest absolute Gasteiger partial charge is 0.484 e. The van der Waals surface area contributed by atoms with Crippen molar-refractivity contribution in [3.63, 3.8) is 0 Å². The third-order valence-corrected chi connectivity index (χ3v) is 3.97. The molecule has 3 aromatic rings. The number of nitrogens with one attached hydrogen (secondary N) is 1. The maximum atomic E-state index is 12.1. The van der Waals surface area contributed by atoms with Crippen LogP contribution in [0.3, 0.4) is 0 Å². The second-order valence-corrected chi connectivity index (χ2v) is 6.04. The number of anilines is 1. The number of aryl methyl sites for hydroxylation is 1. The number of carbonyl (C=O) groups excluding carboxylic acids is 2. The Kier molecular flexibility index (Phi) is 5.74. The Hall–Kier alpha value is -3.61. The summed E-state index contributed by atoms with van der Waals surface area (Å²) in [5.74, 6) is -0.370. The average Bonchev–Trinajstić information content (AvgIpc) is 2.66. The molecule has 7 nitrogen and oxygen atoms in total. The summed E-state index contributed by atoms with van der Waals surface area (Å²) < 4.78 is 15.5. The summed E-state index contributed by atoms with van der Waals surface area (Å²) >= 11 is 0. The summed E-state index contributed by atoms with van der Waals surface area (Å²) in [6.45, 7) is 3.63. The SMILES string of the molecule is CCOC(=O)c1ccc(NC(=O)COc2ccc3c(C)cc(=O)oc3c2)cc1. The van der Waals surface area contributed by atoms with E-state index < -0.39 is 11.6 Å². The van der Waals surface area contributed by atoms with Crippen molar-refractivity contribution in [1.29, 1.82) is 0 Å². The van der Waals surface area contributed by atoms with E-state index in [0.717, 1.165) is 10.9 Å². The second kappa shape index (κ2) is 8.39. The van der Waals surface area contributed by atoms with Crippen LogP contribution in [0.15, 0.2) is 57.7 Å².